The zero-order chi connectivity index (χ0) is 14.9. The Kier molecular flexibility index (Phi) is 4.31. The fourth-order valence-electron chi connectivity index (χ4n) is 3.05. The van der Waals surface area contributed by atoms with Crippen LogP contribution in [0.2, 0.25) is 0 Å². The second-order valence-electron chi connectivity index (χ2n) is 5.57. The summed E-state index contributed by atoms with van der Waals surface area (Å²) in [6, 6.07) is 1.82. The van der Waals surface area contributed by atoms with Gasteiger partial charge in [0.2, 0.25) is 0 Å². The van der Waals surface area contributed by atoms with Crippen LogP contribution >= 0.6 is 0 Å². The predicted molar refractivity (Wildman–Crippen MR) is 78.2 cm³/mol. The molecule has 1 aromatic heterocycles. The van der Waals surface area contributed by atoms with E-state index in [-0.39, 0.29) is 17.6 Å². The van der Waals surface area contributed by atoms with E-state index in [0.717, 1.165) is 25.0 Å². The van der Waals surface area contributed by atoms with Gasteiger partial charge in [-0.05, 0) is 45.1 Å². The molecule has 2 unspecified atom stereocenters. The number of aryl methyl sites for hydroxylation is 1. The van der Waals surface area contributed by atoms with Crippen LogP contribution in [0.25, 0.3) is 0 Å². The summed E-state index contributed by atoms with van der Waals surface area (Å²) in [7, 11) is 0. The van der Waals surface area contributed by atoms with Crippen LogP contribution in [0.1, 0.15) is 60.8 Å². The van der Waals surface area contributed by atoms with Crippen LogP contribution in [0.15, 0.2) is 10.9 Å². The Bertz CT molecular complexity index is 574. The molecule has 2 rings (SSSR count). The normalized spacial score (nSPS) is 20.8. The highest BCUT2D eigenvalue weighted by molar-refractivity contribution is 5.92. The number of aromatic nitrogens is 1. The van der Waals surface area contributed by atoms with Crippen molar-refractivity contribution in [2.45, 2.75) is 53.0 Å². The summed E-state index contributed by atoms with van der Waals surface area (Å²) in [4.78, 5) is 24.3. The minimum absolute atomic E-state index is 0.00310. The van der Waals surface area contributed by atoms with Gasteiger partial charge in [0.05, 0.1) is 12.2 Å². The third-order valence-electron chi connectivity index (χ3n) is 4.05. The maximum Gasteiger partial charge on any atom is 0.340 e. The van der Waals surface area contributed by atoms with E-state index >= 15 is 0 Å². The molecule has 0 radical (unpaired) electrons. The molecule has 1 aliphatic rings. The molecule has 4 nitrogen and oxygen atoms in total. The first-order valence-electron chi connectivity index (χ1n) is 7.41. The van der Waals surface area contributed by atoms with Crippen LogP contribution in [0.5, 0.6) is 0 Å². The molecule has 1 saturated carbocycles. The molecule has 0 N–H and O–H groups in total. The number of carbonyl (C=O) groups excluding carboxylic acids is 1. The van der Waals surface area contributed by atoms with Gasteiger partial charge in [0, 0.05) is 17.8 Å². The lowest BCUT2D eigenvalue weighted by Crippen LogP contribution is -2.26. The topological polar surface area (TPSA) is 48.3 Å². The van der Waals surface area contributed by atoms with Crippen molar-refractivity contribution >= 4 is 5.97 Å². The zero-order valence-electron chi connectivity index (χ0n) is 12.7. The van der Waals surface area contributed by atoms with Crippen molar-refractivity contribution in [2.75, 3.05) is 6.61 Å². The largest absolute Gasteiger partial charge is 0.462 e. The Labute approximate surface area is 119 Å². The van der Waals surface area contributed by atoms with Gasteiger partial charge in [-0.1, -0.05) is 13.3 Å². The third-order valence-corrected chi connectivity index (χ3v) is 4.05. The molecule has 1 fully saturated rings. The molecule has 4 heteroatoms. The number of hydrogen-bond acceptors (Lipinski definition) is 3. The maximum atomic E-state index is 12.2. The molecule has 20 heavy (non-hydrogen) atoms. The molecule has 0 bridgehead atoms. The molecular weight excluding hydrogens is 254 g/mol. The first kappa shape index (κ1) is 14.8. The average Bonchev–Trinajstić information content (AvgIpc) is 3.08. The van der Waals surface area contributed by atoms with E-state index in [4.69, 9.17) is 4.74 Å². The minimum atomic E-state index is -0.330. The number of carbonyl (C=O) groups is 1. The first-order valence-corrected chi connectivity index (χ1v) is 7.41. The third kappa shape index (κ3) is 2.65. The number of hydrogen-bond donors (Lipinski definition) is 0. The molecule has 1 aliphatic carbocycles. The molecular formula is C16H23NO3. The Balaban J connectivity index is 2.41. The van der Waals surface area contributed by atoms with Crippen LogP contribution in [-0.4, -0.2) is 17.1 Å². The number of nitrogens with zero attached hydrogens (tertiary/aromatic N) is 1. The Morgan fingerprint density at radius 2 is 2.10 bits per heavy atom. The van der Waals surface area contributed by atoms with Gasteiger partial charge in [-0.2, -0.15) is 0 Å². The SMILES string of the molecule is CCCC1CC1n1c(C)c(C(=O)OCC)c(C)cc1=O. The smallest absolute Gasteiger partial charge is 0.340 e. The lowest BCUT2D eigenvalue weighted by atomic mass is 10.1. The monoisotopic (exact) mass is 277 g/mol. The van der Waals surface area contributed by atoms with Crippen LogP contribution in [0.3, 0.4) is 0 Å². The second kappa shape index (κ2) is 5.81. The van der Waals surface area contributed by atoms with Crippen LogP contribution in [0.4, 0.5) is 0 Å². The summed E-state index contributed by atoms with van der Waals surface area (Å²) in [5.74, 6) is 0.248. The van der Waals surface area contributed by atoms with Gasteiger partial charge in [-0.3, -0.25) is 4.79 Å². The Morgan fingerprint density at radius 3 is 2.70 bits per heavy atom. The Morgan fingerprint density at radius 1 is 1.40 bits per heavy atom. The molecule has 0 amide bonds. The van der Waals surface area contributed by atoms with Gasteiger partial charge in [0.1, 0.15) is 0 Å². The van der Waals surface area contributed by atoms with Crippen molar-refractivity contribution in [3.63, 3.8) is 0 Å². The van der Waals surface area contributed by atoms with E-state index < -0.39 is 0 Å². The van der Waals surface area contributed by atoms with Crippen molar-refractivity contribution in [1.29, 1.82) is 0 Å². The first-order chi connectivity index (χ1) is 9.51. The van der Waals surface area contributed by atoms with E-state index in [0.29, 0.717) is 23.7 Å². The van der Waals surface area contributed by atoms with Gasteiger partial charge < -0.3 is 9.30 Å². The summed E-state index contributed by atoms with van der Waals surface area (Å²) in [6.07, 6.45) is 3.31. The second-order valence-corrected chi connectivity index (χ2v) is 5.57. The summed E-state index contributed by atoms with van der Waals surface area (Å²) in [6.45, 7) is 7.93. The highest BCUT2D eigenvalue weighted by atomic mass is 16.5. The van der Waals surface area contributed by atoms with Crippen molar-refractivity contribution in [1.82, 2.24) is 4.57 Å². The van der Waals surface area contributed by atoms with E-state index in [1.807, 2.05) is 6.92 Å². The molecule has 1 heterocycles. The standard InChI is InChI=1S/C16H23NO3/c1-5-7-12-9-13(12)17-11(4)15(16(19)20-6-2)10(3)8-14(17)18/h8,12-13H,5-7,9H2,1-4H3. The molecule has 0 aliphatic heterocycles. The van der Waals surface area contributed by atoms with Crippen LogP contribution in [-0.2, 0) is 4.74 Å². The molecule has 0 aromatic carbocycles. The quantitative estimate of drug-likeness (QED) is 0.777. The summed E-state index contributed by atoms with van der Waals surface area (Å²) >= 11 is 0. The highest BCUT2D eigenvalue weighted by Gasteiger charge is 2.39. The maximum absolute atomic E-state index is 12.2. The predicted octanol–water partition coefficient (Wildman–Crippen LogP) is 3.00. The molecule has 1 aromatic rings. The lowest BCUT2D eigenvalue weighted by molar-refractivity contribution is 0.0523. The van der Waals surface area contributed by atoms with E-state index in [2.05, 4.69) is 6.92 Å². The van der Waals surface area contributed by atoms with Crippen molar-refractivity contribution < 1.29 is 9.53 Å². The Hall–Kier alpha value is -1.58. The van der Waals surface area contributed by atoms with Gasteiger partial charge in [0.15, 0.2) is 0 Å². The fraction of sp³-hybridized carbons (Fsp3) is 0.625. The van der Waals surface area contributed by atoms with E-state index in [1.54, 1.807) is 24.5 Å². The molecule has 0 spiro atoms. The average molecular weight is 277 g/mol. The van der Waals surface area contributed by atoms with Crippen molar-refractivity contribution in [2.24, 2.45) is 5.92 Å². The summed E-state index contributed by atoms with van der Waals surface area (Å²) < 4.78 is 6.90. The van der Waals surface area contributed by atoms with E-state index in [1.165, 1.54) is 0 Å². The van der Waals surface area contributed by atoms with Crippen molar-refractivity contribution in [3.8, 4) is 0 Å². The lowest BCUT2D eigenvalue weighted by Gasteiger charge is -2.15. The highest BCUT2D eigenvalue weighted by Crippen LogP contribution is 2.46. The van der Waals surface area contributed by atoms with Gasteiger partial charge in [-0.15, -0.1) is 0 Å². The van der Waals surface area contributed by atoms with E-state index in [9.17, 15) is 9.59 Å². The molecule has 2 atom stereocenters. The zero-order valence-corrected chi connectivity index (χ0v) is 12.7. The molecule has 110 valence electrons. The summed E-state index contributed by atoms with van der Waals surface area (Å²) in [5, 5.41) is 0. The molecule has 0 saturated heterocycles. The fourth-order valence-corrected chi connectivity index (χ4v) is 3.05. The van der Waals surface area contributed by atoms with Gasteiger partial charge in [0.25, 0.3) is 5.56 Å². The number of rotatable bonds is 5. The van der Waals surface area contributed by atoms with Gasteiger partial charge >= 0.3 is 5.97 Å². The number of esters is 1. The number of pyridine rings is 1. The van der Waals surface area contributed by atoms with Crippen LogP contribution in [0, 0.1) is 19.8 Å². The minimum Gasteiger partial charge on any atom is -0.462 e. The van der Waals surface area contributed by atoms with Crippen molar-refractivity contribution in [3.05, 3.63) is 33.2 Å². The van der Waals surface area contributed by atoms with Gasteiger partial charge in [-0.25, -0.2) is 4.79 Å². The number of ether oxygens (including phenoxy) is 1. The summed E-state index contributed by atoms with van der Waals surface area (Å²) in [5.41, 5.74) is 2.00. The van der Waals surface area contributed by atoms with Crippen LogP contribution < -0.4 is 5.56 Å².